The SMILES string of the molecule is CC(C)(C)C1CC(C(=O)O)C(C(C)(C)C)O1. The number of hydrogen-bond acceptors (Lipinski definition) is 2. The van der Waals surface area contributed by atoms with Crippen molar-refractivity contribution < 1.29 is 14.6 Å². The molecule has 3 nitrogen and oxygen atoms in total. The third-order valence-electron chi connectivity index (χ3n) is 3.28. The molecule has 1 fully saturated rings. The highest BCUT2D eigenvalue weighted by Gasteiger charge is 2.48. The summed E-state index contributed by atoms with van der Waals surface area (Å²) in [6.45, 7) is 12.4. The first-order valence-corrected chi connectivity index (χ1v) is 5.91. The zero-order valence-electron chi connectivity index (χ0n) is 11.2. The van der Waals surface area contributed by atoms with Crippen LogP contribution >= 0.6 is 0 Å². The van der Waals surface area contributed by atoms with Crippen LogP contribution in [0.2, 0.25) is 0 Å². The number of carboxylic acid groups (broad SMARTS) is 1. The molecule has 3 atom stereocenters. The van der Waals surface area contributed by atoms with Gasteiger partial charge in [0.2, 0.25) is 0 Å². The van der Waals surface area contributed by atoms with Crippen LogP contribution in [0, 0.1) is 16.7 Å². The van der Waals surface area contributed by atoms with E-state index in [9.17, 15) is 9.90 Å². The molecule has 0 radical (unpaired) electrons. The molecule has 1 rings (SSSR count). The molecule has 1 aliphatic heterocycles. The summed E-state index contributed by atoms with van der Waals surface area (Å²) in [6.07, 6.45) is 0.480. The lowest BCUT2D eigenvalue weighted by molar-refractivity contribution is -0.146. The van der Waals surface area contributed by atoms with Gasteiger partial charge in [-0.2, -0.15) is 0 Å². The number of ether oxygens (including phenoxy) is 1. The summed E-state index contributed by atoms with van der Waals surface area (Å²) in [5, 5.41) is 9.25. The Morgan fingerprint density at radius 1 is 1.12 bits per heavy atom. The van der Waals surface area contributed by atoms with Crippen LogP contribution in [-0.4, -0.2) is 23.3 Å². The van der Waals surface area contributed by atoms with Crippen LogP contribution in [0.3, 0.4) is 0 Å². The Bertz CT molecular complexity index is 270. The van der Waals surface area contributed by atoms with Gasteiger partial charge in [-0.15, -0.1) is 0 Å². The zero-order chi connectivity index (χ0) is 12.7. The highest BCUT2D eigenvalue weighted by molar-refractivity contribution is 5.71. The zero-order valence-corrected chi connectivity index (χ0v) is 11.2. The lowest BCUT2D eigenvalue weighted by Crippen LogP contribution is -2.36. The first kappa shape index (κ1) is 13.5. The first-order valence-electron chi connectivity index (χ1n) is 5.91. The third-order valence-corrected chi connectivity index (χ3v) is 3.28. The number of carbonyl (C=O) groups is 1. The number of aliphatic carboxylic acids is 1. The number of rotatable bonds is 1. The largest absolute Gasteiger partial charge is 0.481 e. The van der Waals surface area contributed by atoms with Gasteiger partial charge in [0, 0.05) is 0 Å². The van der Waals surface area contributed by atoms with Gasteiger partial charge in [0.05, 0.1) is 18.1 Å². The average molecular weight is 228 g/mol. The molecule has 0 amide bonds. The Labute approximate surface area is 98.2 Å². The third kappa shape index (κ3) is 2.76. The van der Waals surface area contributed by atoms with Crippen molar-refractivity contribution in [3.63, 3.8) is 0 Å². The van der Waals surface area contributed by atoms with Gasteiger partial charge in [-0.25, -0.2) is 0 Å². The van der Waals surface area contributed by atoms with E-state index in [0.717, 1.165) is 0 Å². The molecule has 3 unspecified atom stereocenters. The van der Waals surface area contributed by atoms with Crippen LogP contribution in [0.4, 0.5) is 0 Å². The standard InChI is InChI=1S/C13H24O3/c1-12(2,3)9-7-8(11(14)15)10(16-9)13(4,5)6/h8-10H,7H2,1-6H3,(H,14,15). The van der Waals surface area contributed by atoms with Gasteiger partial charge < -0.3 is 9.84 Å². The molecular formula is C13H24O3. The van der Waals surface area contributed by atoms with Crippen molar-refractivity contribution in [3.8, 4) is 0 Å². The predicted octanol–water partition coefficient (Wildman–Crippen LogP) is 2.94. The fourth-order valence-corrected chi connectivity index (χ4v) is 2.28. The Morgan fingerprint density at radius 3 is 1.88 bits per heavy atom. The summed E-state index contributed by atoms with van der Waals surface area (Å²) in [7, 11) is 0. The number of hydrogen-bond donors (Lipinski definition) is 1. The highest BCUT2D eigenvalue weighted by Crippen LogP contribution is 2.43. The summed E-state index contributed by atoms with van der Waals surface area (Å²) in [4.78, 5) is 11.3. The van der Waals surface area contributed by atoms with E-state index in [1.807, 2.05) is 20.8 Å². The van der Waals surface area contributed by atoms with Crippen LogP contribution < -0.4 is 0 Å². The molecule has 1 saturated heterocycles. The summed E-state index contributed by atoms with van der Waals surface area (Å²) >= 11 is 0. The molecule has 1 N–H and O–H groups in total. The lowest BCUT2D eigenvalue weighted by atomic mass is 9.79. The molecule has 1 heterocycles. The van der Waals surface area contributed by atoms with Crippen LogP contribution in [0.15, 0.2) is 0 Å². The summed E-state index contributed by atoms with van der Waals surface area (Å²) < 4.78 is 5.98. The normalized spacial score (nSPS) is 31.8. The fourth-order valence-electron chi connectivity index (χ4n) is 2.28. The van der Waals surface area contributed by atoms with Gasteiger partial charge in [-0.3, -0.25) is 4.79 Å². The van der Waals surface area contributed by atoms with E-state index in [1.165, 1.54) is 0 Å². The smallest absolute Gasteiger partial charge is 0.309 e. The van der Waals surface area contributed by atoms with Gasteiger partial charge >= 0.3 is 5.97 Å². The lowest BCUT2D eigenvalue weighted by Gasteiger charge is -2.32. The number of carboxylic acids is 1. The molecule has 0 aromatic heterocycles. The quantitative estimate of drug-likeness (QED) is 0.750. The maximum absolute atomic E-state index is 11.3. The van der Waals surface area contributed by atoms with Crippen molar-refractivity contribution in [1.82, 2.24) is 0 Å². The molecule has 0 aromatic rings. The summed E-state index contributed by atoms with van der Waals surface area (Å²) in [5.41, 5.74) is -0.114. The van der Waals surface area contributed by atoms with Gasteiger partial charge in [0.15, 0.2) is 0 Å². The van der Waals surface area contributed by atoms with Crippen molar-refractivity contribution in [1.29, 1.82) is 0 Å². The van der Waals surface area contributed by atoms with Crippen molar-refractivity contribution in [3.05, 3.63) is 0 Å². The molecule has 16 heavy (non-hydrogen) atoms. The van der Waals surface area contributed by atoms with E-state index < -0.39 is 5.97 Å². The van der Waals surface area contributed by atoms with Crippen molar-refractivity contribution in [2.75, 3.05) is 0 Å². The highest BCUT2D eigenvalue weighted by atomic mass is 16.5. The van der Waals surface area contributed by atoms with Gasteiger partial charge in [0.1, 0.15) is 0 Å². The minimum absolute atomic E-state index is 0.00764. The van der Waals surface area contributed by atoms with Gasteiger partial charge in [-0.1, -0.05) is 41.5 Å². The molecule has 3 heteroatoms. The Balaban J connectivity index is 2.89. The molecule has 0 aliphatic carbocycles. The molecule has 1 aliphatic rings. The summed E-state index contributed by atoms with van der Waals surface area (Å²) in [5.74, 6) is -1.10. The molecular weight excluding hydrogens is 204 g/mol. The minimum atomic E-state index is -0.730. The van der Waals surface area contributed by atoms with Crippen molar-refractivity contribution >= 4 is 5.97 Å². The van der Waals surface area contributed by atoms with Gasteiger partial charge in [-0.05, 0) is 17.3 Å². The van der Waals surface area contributed by atoms with Crippen LogP contribution in [0.1, 0.15) is 48.0 Å². The fraction of sp³-hybridized carbons (Fsp3) is 0.923. The maximum atomic E-state index is 11.3. The second-order valence-corrected chi connectivity index (χ2v) is 6.96. The summed E-state index contributed by atoms with van der Waals surface area (Å²) in [6, 6.07) is 0. The maximum Gasteiger partial charge on any atom is 0.309 e. The average Bonchev–Trinajstić information content (AvgIpc) is 2.44. The van der Waals surface area contributed by atoms with Gasteiger partial charge in [0.25, 0.3) is 0 Å². The second-order valence-electron chi connectivity index (χ2n) is 6.96. The van der Waals surface area contributed by atoms with E-state index in [2.05, 4.69) is 20.8 Å². The first-order chi connectivity index (χ1) is 7.03. The Morgan fingerprint density at radius 2 is 1.62 bits per heavy atom. The Kier molecular flexibility index (Phi) is 3.39. The molecule has 94 valence electrons. The van der Waals surface area contributed by atoms with E-state index in [-0.39, 0.29) is 29.0 Å². The second kappa shape index (κ2) is 4.02. The van der Waals surface area contributed by atoms with Crippen molar-refractivity contribution in [2.24, 2.45) is 16.7 Å². The van der Waals surface area contributed by atoms with E-state index in [4.69, 9.17) is 4.74 Å². The molecule has 0 bridgehead atoms. The predicted molar refractivity (Wildman–Crippen MR) is 63.3 cm³/mol. The van der Waals surface area contributed by atoms with Crippen LogP contribution in [0.25, 0.3) is 0 Å². The molecule has 0 spiro atoms. The van der Waals surface area contributed by atoms with Crippen LogP contribution in [0.5, 0.6) is 0 Å². The van der Waals surface area contributed by atoms with Crippen molar-refractivity contribution in [2.45, 2.75) is 60.2 Å². The van der Waals surface area contributed by atoms with Crippen LogP contribution in [-0.2, 0) is 9.53 Å². The topological polar surface area (TPSA) is 46.5 Å². The molecule has 0 aromatic carbocycles. The Hall–Kier alpha value is -0.570. The van der Waals surface area contributed by atoms with E-state index >= 15 is 0 Å². The van der Waals surface area contributed by atoms with E-state index in [0.29, 0.717) is 6.42 Å². The minimum Gasteiger partial charge on any atom is -0.481 e. The monoisotopic (exact) mass is 228 g/mol. The van der Waals surface area contributed by atoms with E-state index in [1.54, 1.807) is 0 Å². The molecule has 0 saturated carbocycles.